The molecule has 2 aliphatic rings. The fraction of sp³-hybridized carbons (Fsp3) is 0.474. The summed E-state index contributed by atoms with van der Waals surface area (Å²) in [5, 5.41) is 4.47. The Morgan fingerprint density at radius 3 is 2.48 bits per heavy atom. The van der Waals surface area contributed by atoms with Crippen molar-refractivity contribution in [2.75, 3.05) is 5.75 Å². The van der Waals surface area contributed by atoms with E-state index in [1.54, 1.807) is 12.1 Å². The fourth-order valence-electron chi connectivity index (χ4n) is 4.15. The topological polar surface area (TPSA) is 38.1 Å². The minimum Gasteiger partial charge on any atom is -0.336 e. The molecule has 2 fully saturated rings. The van der Waals surface area contributed by atoms with Crippen LogP contribution in [0.4, 0.5) is 4.39 Å². The number of carbonyl (C=O) groups excluding carboxylic acids is 1. The molecule has 2 unspecified atom stereocenters. The van der Waals surface area contributed by atoms with Crippen LogP contribution >= 0.6 is 11.8 Å². The predicted octanol–water partition coefficient (Wildman–Crippen LogP) is 3.82. The van der Waals surface area contributed by atoms with Gasteiger partial charge in [-0.2, -0.15) is 5.10 Å². The number of carbonyl (C=O) groups is 1. The first-order valence-corrected chi connectivity index (χ1v) is 9.79. The molecular weight excluding hydrogens is 337 g/mol. The lowest BCUT2D eigenvalue weighted by Crippen LogP contribution is -2.47. The molecule has 4 rings (SSSR count). The highest BCUT2D eigenvalue weighted by molar-refractivity contribution is 8.00. The molecule has 2 saturated heterocycles. The molecule has 1 aromatic heterocycles. The number of piperidine rings is 1. The van der Waals surface area contributed by atoms with Crippen LogP contribution in [-0.4, -0.2) is 38.4 Å². The van der Waals surface area contributed by atoms with Crippen molar-refractivity contribution in [1.82, 2.24) is 14.7 Å². The largest absolute Gasteiger partial charge is 0.336 e. The van der Waals surface area contributed by atoms with Crippen LogP contribution in [-0.2, 0) is 4.79 Å². The Labute approximate surface area is 151 Å². The van der Waals surface area contributed by atoms with Gasteiger partial charge < -0.3 is 4.90 Å². The Balaban J connectivity index is 1.38. The van der Waals surface area contributed by atoms with Crippen LogP contribution in [0.15, 0.2) is 41.6 Å². The van der Waals surface area contributed by atoms with Gasteiger partial charge in [-0.3, -0.25) is 9.48 Å². The standard InChI is InChI=1S/C19H22FN3OS/c1-13-10-21-22(11-13)17-8-15-4-5-16(9-17)23(15)19(24)12-25-18-6-2-14(20)3-7-18/h2-3,6-7,10-11,15-17H,4-5,8-9,12H2,1H3. The van der Waals surface area contributed by atoms with Crippen LogP contribution in [0.2, 0.25) is 0 Å². The summed E-state index contributed by atoms with van der Waals surface area (Å²) in [6.07, 6.45) is 8.17. The normalized spacial score (nSPS) is 25.4. The van der Waals surface area contributed by atoms with E-state index in [4.69, 9.17) is 0 Å². The van der Waals surface area contributed by atoms with Crippen molar-refractivity contribution in [3.05, 3.63) is 48.0 Å². The van der Waals surface area contributed by atoms with Crippen molar-refractivity contribution in [3.63, 3.8) is 0 Å². The highest BCUT2D eigenvalue weighted by atomic mass is 32.2. The van der Waals surface area contributed by atoms with E-state index in [-0.39, 0.29) is 11.7 Å². The molecule has 0 spiro atoms. The van der Waals surface area contributed by atoms with Crippen molar-refractivity contribution in [1.29, 1.82) is 0 Å². The molecule has 2 atom stereocenters. The molecule has 2 bridgehead atoms. The van der Waals surface area contributed by atoms with Gasteiger partial charge in [0.2, 0.25) is 5.91 Å². The molecule has 2 aromatic rings. The fourth-order valence-corrected chi connectivity index (χ4v) is 4.92. The molecule has 3 heterocycles. The van der Waals surface area contributed by atoms with Crippen LogP contribution in [0.3, 0.4) is 0 Å². The number of hydrogen-bond acceptors (Lipinski definition) is 3. The van der Waals surface area contributed by atoms with E-state index < -0.39 is 0 Å². The molecule has 25 heavy (non-hydrogen) atoms. The van der Waals surface area contributed by atoms with Crippen LogP contribution in [0, 0.1) is 12.7 Å². The average molecular weight is 359 g/mol. The third-order valence-corrected chi connectivity index (χ3v) is 6.27. The second kappa shape index (κ2) is 6.83. The van der Waals surface area contributed by atoms with E-state index in [1.807, 2.05) is 6.20 Å². The maximum absolute atomic E-state index is 13.0. The minimum absolute atomic E-state index is 0.205. The molecule has 4 nitrogen and oxygen atoms in total. The number of thioether (sulfide) groups is 1. The Bertz CT molecular complexity index is 746. The lowest BCUT2D eigenvalue weighted by atomic mass is 9.97. The van der Waals surface area contributed by atoms with Gasteiger partial charge in [0.05, 0.1) is 18.0 Å². The van der Waals surface area contributed by atoms with Gasteiger partial charge in [-0.25, -0.2) is 4.39 Å². The molecule has 132 valence electrons. The smallest absolute Gasteiger partial charge is 0.233 e. The summed E-state index contributed by atoms with van der Waals surface area (Å²) in [5.74, 6) is 0.381. The maximum atomic E-state index is 13.0. The van der Waals surface area contributed by atoms with Crippen LogP contribution < -0.4 is 0 Å². The van der Waals surface area contributed by atoms with E-state index in [0.717, 1.165) is 30.6 Å². The number of fused-ring (bicyclic) bond motifs is 2. The Kier molecular flexibility index (Phi) is 4.54. The zero-order valence-electron chi connectivity index (χ0n) is 14.3. The van der Waals surface area contributed by atoms with Crippen molar-refractivity contribution in [3.8, 4) is 0 Å². The van der Waals surface area contributed by atoms with Crippen molar-refractivity contribution in [2.24, 2.45) is 0 Å². The maximum Gasteiger partial charge on any atom is 0.233 e. The number of aryl methyl sites for hydroxylation is 1. The molecular formula is C19H22FN3OS. The highest BCUT2D eigenvalue weighted by Crippen LogP contribution is 2.41. The van der Waals surface area contributed by atoms with E-state index in [0.29, 0.717) is 23.9 Å². The average Bonchev–Trinajstić information content (AvgIpc) is 3.15. The number of nitrogens with zero attached hydrogens (tertiary/aromatic N) is 3. The zero-order chi connectivity index (χ0) is 17.4. The molecule has 6 heteroatoms. The molecule has 1 amide bonds. The highest BCUT2D eigenvalue weighted by Gasteiger charge is 2.43. The summed E-state index contributed by atoms with van der Waals surface area (Å²) in [4.78, 5) is 15.8. The Morgan fingerprint density at radius 1 is 1.20 bits per heavy atom. The van der Waals surface area contributed by atoms with E-state index in [9.17, 15) is 9.18 Å². The van der Waals surface area contributed by atoms with Crippen molar-refractivity contribution < 1.29 is 9.18 Å². The Hall–Kier alpha value is -1.82. The number of rotatable bonds is 4. The summed E-state index contributed by atoms with van der Waals surface area (Å²) in [6.45, 7) is 2.06. The molecule has 1 aromatic carbocycles. The molecule has 0 aliphatic carbocycles. The van der Waals surface area contributed by atoms with Gasteiger partial charge >= 0.3 is 0 Å². The summed E-state index contributed by atoms with van der Waals surface area (Å²) >= 11 is 1.49. The van der Waals surface area contributed by atoms with Gasteiger partial charge in [0.15, 0.2) is 0 Å². The molecule has 0 saturated carbocycles. The van der Waals surface area contributed by atoms with E-state index in [1.165, 1.54) is 29.5 Å². The quantitative estimate of drug-likeness (QED) is 0.779. The minimum atomic E-state index is -0.246. The summed E-state index contributed by atoms with van der Waals surface area (Å²) < 4.78 is 15.1. The molecule has 0 radical (unpaired) electrons. The first kappa shape index (κ1) is 16.6. The zero-order valence-corrected chi connectivity index (χ0v) is 15.1. The summed E-state index contributed by atoms with van der Waals surface area (Å²) in [6, 6.07) is 7.40. The van der Waals surface area contributed by atoms with Gasteiger partial charge in [0.1, 0.15) is 5.82 Å². The number of amides is 1. The van der Waals surface area contributed by atoms with Crippen molar-refractivity contribution >= 4 is 17.7 Å². The van der Waals surface area contributed by atoms with Crippen LogP contribution in [0.1, 0.15) is 37.3 Å². The summed E-state index contributed by atoms with van der Waals surface area (Å²) in [7, 11) is 0. The number of benzene rings is 1. The summed E-state index contributed by atoms with van der Waals surface area (Å²) in [5.41, 5.74) is 1.18. The first-order valence-electron chi connectivity index (χ1n) is 8.80. The second-order valence-electron chi connectivity index (χ2n) is 7.05. The monoisotopic (exact) mass is 359 g/mol. The SMILES string of the molecule is Cc1cnn(C2CC3CCC(C2)N3C(=O)CSc2ccc(F)cc2)c1. The first-order chi connectivity index (χ1) is 12.1. The van der Waals surface area contributed by atoms with E-state index >= 15 is 0 Å². The number of hydrogen-bond donors (Lipinski definition) is 0. The third kappa shape index (κ3) is 3.45. The van der Waals surface area contributed by atoms with Gasteiger partial charge in [0, 0.05) is 23.2 Å². The molecule has 2 aliphatic heterocycles. The van der Waals surface area contributed by atoms with Crippen LogP contribution in [0.5, 0.6) is 0 Å². The Morgan fingerprint density at radius 2 is 1.88 bits per heavy atom. The van der Waals surface area contributed by atoms with Crippen LogP contribution in [0.25, 0.3) is 0 Å². The lowest BCUT2D eigenvalue weighted by molar-refractivity contribution is -0.133. The second-order valence-corrected chi connectivity index (χ2v) is 8.10. The molecule has 0 N–H and O–H groups in total. The van der Waals surface area contributed by atoms with Gasteiger partial charge in [-0.05, 0) is 62.4 Å². The number of halogens is 1. The van der Waals surface area contributed by atoms with Crippen molar-refractivity contribution in [2.45, 2.75) is 55.6 Å². The third-order valence-electron chi connectivity index (χ3n) is 5.28. The van der Waals surface area contributed by atoms with Gasteiger partial charge in [0.25, 0.3) is 0 Å². The van der Waals surface area contributed by atoms with Gasteiger partial charge in [-0.1, -0.05) is 0 Å². The van der Waals surface area contributed by atoms with E-state index in [2.05, 4.69) is 27.8 Å². The number of aromatic nitrogens is 2. The lowest BCUT2D eigenvalue weighted by Gasteiger charge is -2.39. The predicted molar refractivity (Wildman–Crippen MR) is 96.0 cm³/mol. The van der Waals surface area contributed by atoms with Gasteiger partial charge in [-0.15, -0.1) is 11.8 Å².